The van der Waals surface area contributed by atoms with Crippen molar-refractivity contribution in [2.75, 3.05) is 19.8 Å². The van der Waals surface area contributed by atoms with E-state index in [1.807, 2.05) is 13.8 Å². The van der Waals surface area contributed by atoms with Gasteiger partial charge in [0.1, 0.15) is 6.04 Å². The van der Waals surface area contributed by atoms with E-state index in [1.165, 1.54) is 13.0 Å². The lowest BCUT2D eigenvalue weighted by molar-refractivity contribution is -0.150. The summed E-state index contributed by atoms with van der Waals surface area (Å²) < 4.78 is 16.0. The normalized spacial score (nSPS) is 16.5. The highest BCUT2D eigenvalue weighted by Gasteiger charge is 2.41. The molecule has 7 nitrogen and oxygen atoms in total. The Bertz CT molecular complexity index is 810. The minimum Gasteiger partial charge on any atom is -0.490 e. The summed E-state index contributed by atoms with van der Waals surface area (Å²) in [5.41, 5.74) is 0.503. The molecule has 1 aliphatic rings. The molecule has 0 spiro atoms. The highest BCUT2D eigenvalue weighted by Crippen LogP contribution is 2.38. The van der Waals surface area contributed by atoms with Crippen molar-refractivity contribution in [2.45, 2.75) is 33.7 Å². The van der Waals surface area contributed by atoms with E-state index in [4.69, 9.17) is 25.8 Å². The molecule has 1 aliphatic heterocycles. The topological polar surface area (TPSA) is 82.1 Å². The monoisotopic (exact) mass is 427 g/mol. The van der Waals surface area contributed by atoms with Crippen LogP contribution in [0.4, 0.5) is 4.79 Å². The first-order chi connectivity index (χ1) is 13.3. The number of halogens is 1. The minimum atomic E-state index is -1.01. The molecule has 9 heteroatoms. The van der Waals surface area contributed by atoms with Gasteiger partial charge in [0.05, 0.1) is 29.7 Å². The van der Waals surface area contributed by atoms with Gasteiger partial charge < -0.3 is 14.2 Å². The summed E-state index contributed by atoms with van der Waals surface area (Å²) in [5, 5.41) is -0.193. The molecule has 0 unspecified atom stereocenters. The SMILES string of the molecule is CCOC(=O)[C@H](C)N1C(=O)S/C(=C\c2cc(OCC)c(OCC)cc2Cl)C1=O. The van der Waals surface area contributed by atoms with Crippen LogP contribution in [0.15, 0.2) is 17.0 Å². The standard InChI is InChI=1S/C19H22ClNO6S/c1-5-25-14-8-12(13(20)10-15(14)26-6-2)9-16-17(22)21(19(24)28-16)11(4)18(23)27-7-3/h8-11H,5-7H2,1-4H3/b16-9-/t11-/m0/s1. The van der Waals surface area contributed by atoms with E-state index in [1.54, 1.807) is 19.1 Å². The number of esters is 1. The number of imide groups is 1. The molecule has 1 heterocycles. The zero-order valence-corrected chi connectivity index (χ0v) is 17.7. The summed E-state index contributed by atoms with van der Waals surface area (Å²) in [6.45, 7) is 7.83. The molecule has 2 rings (SSSR count). The van der Waals surface area contributed by atoms with E-state index in [9.17, 15) is 14.4 Å². The Morgan fingerprint density at radius 2 is 1.75 bits per heavy atom. The van der Waals surface area contributed by atoms with Crippen molar-refractivity contribution in [3.8, 4) is 11.5 Å². The van der Waals surface area contributed by atoms with Gasteiger partial charge in [0.2, 0.25) is 0 Å². The number of benzene rings is 1. The Morgan fingerprint density at radius 3 is 2.32 bits per heavy atom. The third kappa shape index (κ3) is 4.80. The highest BCUT2D eigenvalue weighted by molar-refractivity contribution is 8.18. The molecule has 1 saturated heterocycles. The third-order valence-corrected chi connectivity index (χ3v) is 5.00. The predicted molar refractivity (Wildman–Crippen MR) is 108 cm³/mol. The molecule has 0 radical (unpaired) electrons. The van der Waals surface area contributed by atoms with Gasteiger partial charge in [-0.05, 0) is 57.2 Å². The average Bonchev–Trinajstić information content (AvgIpc) is 2.92. The fourth-order valence-corrected chi connectivity index (χ4v) is 3.63. The number of nitrogens with zero attached hydrogens (tertiary/aromatic N) is 1. The van der Waals surface area contributed by atoms with Crippen LogP contribution in [-0.2, 0) is 14.3 Å². The molecule has 0 saturated carbocycles. The third-order valence-electron chi connectivity index (χ3n) is 3.79. The van der Waals surface area contributed by atoms with E-state index >= 15 is 0 Å². The van der Waals surface area contributed by atoms with E-state index in [0.717, 1.165) is 16.7 Å². The number of thioether (sulfide) groups is 1. The molecule has 1 aromatic rings. The van der Waals surface area contributed by atoms with Crippen LogP contribution in [0.1, 0.15) is 33.3 Å². The van der Waals surface area contributed by atoms with Crippen molar-refractivity contribution < 1.29 is 28.6 Å². The number of carbonyl (C=O) groups excluding carboxylic acids is 3. The Labute approximate surface area is 172 Å². The second kappa shape index (κ2) is 9.84. The molecular weight excluding hydrogens is 406 g/mol. The maximum absolute atomic E-state index is 12.7. The summed E-state index contributed by atoms with van der Waals surface area (Å²) in [5.74, 6) is -0.225. The second-order valence-corrected chi connectivity index (χ2v) is 7.07. The van der Waals surface area contributed by atoms with Crippen molar-refractivity contribution in [3.63, 3.8) is 0 Å². The Morgan fingerprint density at radius 1 is 1.14 bits per heavy atom. The van der Waals surface area contributed by atoms with Crippen molar-refractivity contribution in [3.05, 3.63) is 27.6 Å². The van der Waals surface area contributed by atoms with Crippen molar-refractivity contribution >= 4 is 46.6 Å². The first kappa shape index (κ1) is 22.1. The first-order valence-electron chi connectivity index (χ1n) is 8.86. The van der Waals surface area contributed by atoms with Crippen LogP contribution in [0.2, 0.25) is 5.02 Å². The maximum Gasteiger partial charge on any atom is 0.329 e. The van der Waals surface area contributed by atoms with Gasteiger partial charge in [0, 0.05) is 6.07 Å². The van der Waals surface area contributed by atoms with Gasteiger partial charge in [-0.2, -0.15) is 0 Å². The zero-order chi connectivity index (χ0) is 20.8. The fourth-order valence-electron chi connectivity index (χ4n) is 2.52. The number of amides is 2. The van der Waals surface area contributed by atoms with Crippen LogP contribution in [0.5, 0.6) is 11.5 Å². The maximum atomic E-state index is 12.7. The Hall–Kier alpha value is -2.19. The number of rotatable bonds is 8. The van der Waals surface area contributed by atoms with Gasteiger partial charge in [0.25, 0.3) is 11.1 Å². The van der Waals surface area contributed by atoms with Crippen LogP contribution >= 0.6 is 23.4 Å². The van der Waals surface area contributed by atoms with Gasteiger partial charge in [-0.25, -0.2) is 4.79 Å². The van der Waals surface area contributed by atoms with Crippen molar-refractivity contribution in [1.29, 1.82) is 0 Å². The fraction of sp³-hybridized carbons (Fsp3) is 0.421. The average molecular weight is 428 g/mol. The lowest BCUT2D eigenvalue weighted by Gasteiger charge is -2.19. The van der Waals surface area contributed by atoms with Crippen LogP contribution < -0.4 is 9.47 Å². The summed E-state index contributed by atoms with van der Waals surface area (Å²) in [6, 6.07) is 2.25. The smallest absolute Gasteiger partial charge is 0.329 e. The molecule has 0 aliphatic carbocycles. The number of hydrogen-bond acceptors (Lipinski definition) is 7. The van der Waals surface area contributed by atoms with Crippen molar-refractivity contribution in [1.82, 2.24) is 4.90 Å². The molecule has 1 fully saturated rings. The van der Waals surface area contributed by atoms with Crippen LogP contribution in [0.3, 0.4) is 0 Å². The largest absolute Gasteiger partial charge is 0.490 e. The first-order valence-corrected chi connectivity index (χ1v) is 10.1. The summed E-state index contributed by atoms with van der Waals surface area (Å²) in [6.07, 6.45) is 1.50. The minimum absolute atomic E-state index is 0.162. The highest BCUT2D eigenvalue weighted by atomic mass is 35.5. The Balaban J connectivity index is 2.35. The second-order valence-electron chi connectivity index (χ2n) is 5.67. The molecule has 0 bridgehead atoms. The van der Waals surface area contributed by atoms with Crippen LogP contribution in [0.25, 0.3) is 6.08 Å². The number of carbonyl (C=O) groups is 3. The predicted octanol–water partition coefficient (Wildman–Crippen LogP) is 4.13. The lowest BCUT2D eigenvalue weighted by atomic mass is 10.1. The van der Waals surface area contributed by atoms with Gasteiger partial charge in [-0.1, -0.05) is 11.6 Å². The van der Waals surface area contributed by atoms with Crippen LogP contribution in [-0.4, -0.2) is 47.9 Å². The summed E-state index contributed by atoms with van der Waals surface area (Å²) in [7, 11) is 0. The molecule has 1 atom stereocenters. The number of ether oxygens (including phenoxy) is 3. The summed E-state index contributed by atoms with van der Waals surface area (Å²) >= 11 is 7.06. The molecule has 152 valence electrons. The van der Waals surface area contributed by atoms with Gasteiger partial charge in [-0.3, -0.25) is 14.5 Å². The van der Waals surface area contributed by atoms with E-state index in [2.05, 4.69) is 0 Å². The van der Waals surface area contributed by atoms with E-state index < -0.39 is 23.2 Å². The molecular formula is C19H22ClNO6S. The molecule has 28 heavy (non-hydrogen) atoms. The van der Waals surface area contributed by atoms with E-state index in [-0.39, 0.29) is 11.5 Å². The molecule has 1 aromatic carbocycles. The quantitative estimate of drug-likeness (QED) is 0.455. The van der Waals surface area contributed by atoms with E-state index in [0.29, 0.717) is 35.3 Å². The molecule has 0 aromatic heterocycles. The van der Waals surface area contributed by atoms with Gasteiger partial charge in [-0.15, -0.1) is 0 Å². The number of hydrogen-bond donors (Lipinski definition) is 0. The summed E-state index contributed by atoms with van der Waals surface area (Å²) in [4.78, 5) is 37.9. The van der Waals surface area contributed by atoms with Gasteiger partial charge >= 0.3 is 5.97 Å². The van der Waals surface area contributed by atoms with Gasteiger partial charge in [0.15, 0.2) is 11.5 Å². The zero-order valence-electron chi connectivity index (χ0n) is 16.1. The lowest BCUT2D eigenvalue weighted by Crippen LogP contribution is -2.42. The molecule has 2 amide bonds. The molecule has 0 N–H and O–H groups in total. The van der Waals surface area contributed by atoms with Crippen LogP contribution in [0, 0.1) is 0 Å². The Kier molecular flexibility index (Phi) is 7.77. The van der Waals surface area contributed by atoms with Crippen molar-refractivity contribution in [2.24, 2.45) is 0 Å².